The maximum Gasteiger partial charge on any atom is 0.0598 e. The number of hydrogen-bond acceptors (Lipinski definition) is 2. The summed E-state index contributed by atoms with van der Waals surface area (Å²) in [6.45, 7) is 0.858. The van der Waals surface area contributed by atoms with Crippen LogP contribution in [0.25, 0.3) is 0 Å². The van der Waals surface area contributed by atoms with E-state index >= 15 is 0 Å². The van der Waals surface area contributed by atoms with Crippen LogP contribution in [-0.2, 0) is 0 Å². The lowest BCUT2D eigenvalue weighted by Gasteiger charge is -1.83. The maximum absolute atomic E-state index is 3.72. The smallest absolute Gasteiger partial charge is 0.0598 e. The van der Waals surface area contributed by atoms with Gasteiger partial charge in [0.25, 0.3) is 0 Å². The lowest BCUT2D eigenvalue weighted by atomic mass is 10.6. The van der Waals surface area contributed by atoms with Crippen LogP contribution >= 0.6 is 0 Å². The van der Waals surface area contributed by atoms with Gasteiger partial charge in [-0.25, -0.2) is 4.99 Å². The third-order valence-corrected chi connectivity index (χ3v) is 0.657. The second kappa shape index (κ2) is 2.21. The standard InChI is InChI=1S/C5H6N2/c1-2-6-4-5-7-3-1/h1-2,5,7H,3H2. The second-order valence-electron chi connectivity index (χ2n) is 1.20. The maximum atomic E-state index is 3.72. The van der Waals surface area contributed by atoms with Gasteiger partial charge in [0.05, 0.1) is 6.20 Å². The third-order valence-electron chi connectivity index (χ3n) is 0.657. The van der Waals surface area contributed by atoms with Crippen molar-refractivity contribution < 1.29 is 0 Å². The lowest BCUT2D eigenvalue weighted by Crippen LogP contribution is -2.01. The number of hydrogen-bond donors (Lipinski definition) is 1. The molecule has 0 bridgehead atoms. The molecule has 0 saturated heterocycles. The lowest BCUT2D eigenvalue weighted by molar-refractivity contribution is 0.998. The zero-order valence-electron chi connectivity index (χ0n) is 3.89. The van der Waals surface area contributed by atoms with Gasteiger partial charge in [-0.1, -0.05) is 0 Å². The van der Waals surface area contributed by atoms with Crippen LogP contribution in [0.15, 0.2) is 23.5 Å². The first kappa shape index (κ1) is 4.16. The summed E-state index contributed by atoms with van der Waals surface area (Å²) in [6.07, 6.45) is 5.34. The van der Waals surface area contributed by atoms with Gasteiger partial charge < -0.3 is 5.32 Å². The molecule has 7 heavy (non-hydrogen) atoms. The van der Waals surface area contributed by atoms with Gasteiger partial charge in [-0.05, 0) is 6.08 Å². The van der Waals surface area contributed by atoms with Gasteiger partial charge in [0, 0.05) is 18.6 Å². The first-order valence-corrected chi connectivity index (χ1v) is 2.15. The minimum Gasteiger partial charge on any atom is -0.380 e. The molecule has 1 N–H and O–H groups in total. The molecular formula is C5H6N2. The Labute approximate surface area is 42.3 Å². The Balaban J connectivity index is 2.65. The molecule has 36 valence electrons. The van der Waals surface area contributed by atoms with Crippen molar-refractivity contribution in [2.24, 2.45) is 4.99 Å². The van der Waals surface area contributed by atoms with Crippen LogP contribution in [0.2, 0.25) is 0 Å². The zero-order valence-corrected chi connectivity index (χ0v) is 3.89. The van der Waals surface area contributed by atoms with E-state index in [-0.39, 0.29) is 0 Å². The molecule has 0 saturated carbocycles. The van der Waals surface area contributed by atoms with Crippen LogP contribution in [0, 0.1) is 0 Å². The van der Waals surface area contributed by atoms with Crippen molar-refractivity contribution in [3.05, 3.63) is 18.5 Å². The van der Waals surface area contributed by atoms with Crippen LogP contribution in [-0.4, -0.2) is 12.4 Å². The van der Waals surface area contributed by atoms with Crippen molar-refractivity contribution >= 4 is 5.87 Å². The fourth-order valence-corrected chi connectivity index (χ4v) is 0.358. The molecule has 0 radical (unpaired) electrons. The highest BCUT2D eigenvalue weighted by atomic mass is 14.8. The van der Waals surface area contributed by atoms with Crippen LogP contribution < -0.4 is 5.32 Å². The molecule has 2 heteroatoms. The van der Waals surface area contributed by atoms with Crippen molar-refractivity contribution in [3.8, 4) is 0 Å². The molecular weight excluding hydrogens is 88.1 g/mol. The molecule has 0 aromatic rings. The van der Waals surface area contributed by atoms with E-state index in [4.69, 9.17) is 0 Å². The van der Waals surface area contributed by atoms with E-state index in [0.29, 0.717) is 0 Å². The molecule has 1 heterocycles. The van der Waals surface area contributed by atoms with Gasteiger partial charge in [0.15, 0.2) is 0 Å². The van der Waals surface area contributed by atoms with Crippen molar-refractivity contribution in [1.29, 1.82) is 0 Å². The highest BCUT2D eigenvalue weighted by Gasteiger charge is 1.71. The first-order chi connectivity index (χ1) is 3.50. The van der Waals surface area contributed by atoms with Gasteiger partial charge in [-0.3, -0.25) is 0 Å². The third kappa shape index (κ3) is 1.24. The summed E-state index contributed by atoms with van der Waals surface area (Å²) >= 11 is 0. The highest BCUT2D eigenvalue weighted by molar-refractivity contribution is 5.52. The van der Waals surface area contributed by atoms with Gasteiger partial charge in [0.1, 0.15) is 0 Å². The summed E-state index contributed by atoms with van der Waals surface area (Å²) in [6, 6.07) is 0. The van der Waals surface area contributed by atoms with Gasteiger partial charge >= 0.3 is 0 Å². The van der Waals surface area contributed by atoms with Gasteiger partial charge in [-0.15, -0.1) is 0 Å². The summed E-state index contributed by atoms with van der Waals surface area (Å²) in [7, 11) is 0. The Morgan fingerprint density at radius 2 is 2.71 bits per heavy atom. The minimum atomic E-state index is 0.858. The Morgan fingerprint density at radius 3 is 3.71 bits per heavy atom. The van der Waals surface area contributed by atoms with Crippen LogP contribution in [0.1, 0.15) is 0 Å². The summed E-state index contributed by atoms with van der Waals surface area (Å²) in [5.41, 5.74) is 0. The van der Waals surface area contributed by atoms with E-state index in [1.165, 1.54) is 0 Å². The van der Waals surface area contributed by atoms with Crippen LogP contribution in [0.4, 0.5) is 0 Å². The monoisotopic (exact) mass is 94.1 g/mol. The first-order valence-electron chi connectivity index (χ1n) is 2.15. The average Bonchev–Trinajstić information content (AvgIpc) is 1.90. The van der Waals surface area contributed by atoms with E-state index in [1.54, 1.807) is 12.4 Å². The minimum absolute atomic E-state index is 0.858. The van der Waals surface area contributed by atoms with Crippen molar-refractivity contribution in [1.82, 2.24) is 5.32 Å². The normalized spacial score (nSPS) is 16.0. The zero-order chi connectivity index (χ0) is 4.95. The van der Waals surface area contributed by atoms with Crippen LogP contribution in [0.5, 0.6) is 0 Å². The summed E-state index contributed by atoms with van der Waals surface area (Å²) in [5, 5.41) is 2.93. The van der Waals surface area contributed by atoms with E-state index in [2.05, 4.69) is 16.2 Å². The molecule has 0 aromatic carbocycles. The molecule has 0 aromatic heterocycles. The second-order valence-corrected chi connectivity index (χ2v) is 1.20. The van der Waals surface area contributed by atoms with Crippen molar-refractivity contribution in [3.63, 3.8) is 0 Å². The molecule has 0 fully saturated rings. The van der Waals surface area contributed by atoms with Gasteiger partial charge in [-0.2, -0.15) is 0 Å². The number of aliphatic imine (C=N–C) groups is 1. The fourth-order valence-electron chi connectivity index (χ4n) is 0.358. The molecule has 0 aliphatic carbocycles. The van der Waals surface area contributed by atoms with Crippen molar-refractivity contribution in [2.45, 2.75) is 0 Å². The molecule has 1 rings (SSSR count). The fraction of sp³-hybridized carbons (Fsp3) is 0.200. The predicted octanol–water partition coefficient (Wildman–Crippen LogP) is 0.287. The molecule has 1 aliphatic rings. The Bertz CT molecular complexity index is 129. The molecule has 0 spiro atoms. The van der Waals surface area contributed by atoms with E-state index in [9.17, 15) is 0 Å². The van der Waals surface area contributed by atoms with E-state index in [0.717, 1.165) is 6.54 Å². The Morgan fingerprint density at radius 1 is 1.71 bits per heavy atom. The Kier molecular flexibility index (Phi) is 1.31. The SMILES string of the molecule is C1=CNCC=CN=1. The number of rotatable bonds is 0. The number of nitrogens with one attached hydrogen (secondary N) is 1. The Hall–Kier alpha value is -1.01. The van der Waals surface area contributed by atoms with E-state index in [1.807, 2.05) is 6.08 Å². The summed E-state index contributed by atoms with van der Waals surface area (Å²) < 4.78 is 0. The molecule has 1 aliphatic heterocycles. The summed E-state index contributed by atoms with van der Waals surface area (Å²) in [4.78, 5) is 3.72. The quantitative estimate of drug-likeness (QED) is 0.458. The number of nitrogens with zero attached hydrogens (tertiary/aromatic N) is 1. The van der Waals surface area contributed by atoms with Gasteiger partial charge in [0.2, 0.25) is 0 Å². The molecule has 0 unspecified atom stereocenters. The highest BCUT2D eigenvalue weighted by Crippen LogP contribution is 1.73. The van der Waals surface area contributed by atoms with E-state index < -0.39 is 0 Å². The largest absolute Gasteiger partial charge is 0.380 e. The van der Waals surface area contributed by atoms with Crippen molar-refractivity contribution in [2.75, 3.05) is 6.54 Å². The topological polar surface area (TPSA) is 24.4 Å². The summed E-state index contributed by atoms with van der Waals surface area (Å²) in [5.74, 6) is 2.65. The molecule has 0 atom stereocenters. The van der Waals surface area contributed by atoms with Crippen LogP contribution in [0.3, 0.4) is 0 Å². The molecule has 2 nitrogen and oxygen atoms in total. The molecule has 0 amide bonds. The predicted molar refractivity (Wildman–Crippen MR) is 29.1 cm³/mol. The average molecular weight is 94.1 g/mol.